The van der Waals surface area contributed by atoms with Gasteiger partial charge in [-0.25, -0.2) is 9.97 Å². The van der Waals surface area contributed by atoms with Crippen molar-refractivity contribution in [1.29, 1.82) is 0 Å². The lowest BCUT2D eigenvalue weighted by molar-refractivity contribution is -0.143. The zero-order chi connectivity index (χ0) is 20.1. The van der Waals surface area contributed by atoms with Gasteiger partial charge in [-0.1, -0.05) is 0 Å². The summed E-state index contributed by atoms with van der Waals surface area (Å²) in [7, 11) is 0. The summed E-state index contributed by atoms with van der Waals surface area (Å²) in [5.41, 5.74) is 1.80. The van der Waals surface area contributed by atoms with Crippen LogP contribution in [-0.4, -0.2) is 66.0 Å². The third-order valence-electron chi connectivity index (χ3n) is 5.44. The van der Waals surface area contributed by atoms with E-state index >= 15 is 0 Å². The van der Waals surface area contributed by atoms with Crippen molar-refractivity contribution in [3.63, 3.8) is 0 Å². The molecule has 2 aliphatic heterocycles. The van der Waals surface area contributed by atoms with Crippen LogP contribution in [0.2, 0.25) is 0 Å². The maximum Gasteiger partial charge on any atom is 0.313 e. The first-order chi connectivity index (χ1) is 14.2. The second-order valence-electron chi connectivity index (χ2n) is 7.38. The van der Waals surface area contributed by atoms with Gasteiger partial charge in [0.15, 0.2) is 0 Å². The summed E-state index contributed by atoms with van der Waals surface area (Å²) in [6, 6.07) is 9.50. The van der Waals surface area contributed by atoms with Crippen molar-refractivity contribution in [2.75, 3.05) is 54.4 Å². The minimum atomic E-state index is -0.597. The van der Waals surface area contributed by atoms with Crippen LogP contribution in [0.5, 0.6) is 0 Å². The van der Waals surface area contributed by atoms with Crippen LogP contribution in [-0.2, 0) is 9.59 Å². The van der Waals surface area contributed by atoms with Gasteiger partial charge >= 0.3 is 11.8 Å². The zero-order valence-corrected chi connectivity index (χ0v) is 16.5. The Balaban J connectivity index is 1.29. The molecule has 0 aliphatic carbocycles. The SMILES string of the molecule is O=C(Nc1ccc(N2CCCCC2)cc1)C(=O)N1CCN(c2ncccn2)CC1. The Kier molecular flexibility index (Phi) is 5.88. The van der Waals surface area contributed by atoms with Crippen LogP contribution in [0.25, 0.3) is 0 Å². The molecule has 3 heterocycles. The first-order valence-corrected chi connectivity index (χ1v) is 10.2. The maximum atomic E-state index is 12.5. The average Bonchev–Trinajstić information content (AvgIpc) is 2.80. The van der Waals surface area contributed by atoms with E-state index in [2.05, 4.69) is 20.2 Å². The Hall–Kier alpha value is -3.16. The molecular weight excluding hydrogens is 368 g/mol. The number of anilines is 3. The molecule has 2 amide bonds. The number of hydrogen-bond acceptors (Lipinski definition) is 6. The predicted molar refractivity (Wildman–Crippen MR) is 112 cm³/mol. The molecule has 4 rings (SSSR count). The number of nitrogens with zero attached hydrogens (tertiary/aromatic N) is 5. The monoisotopic (exact) mass is 394 g/mol. The van der Waals surface area contributed by atoms with Crippen LogP contribution >= 0.6 is 0 Å². The molecule has 2 fully saturated rings. The summed E-state index contributed by atoms with van der Waals surface area (Å²) in [6.45, 7) is 4.30. The van der Waals surface area contributed by atoms with E-state index in [-0.39, 0.29) is 0 Å². The number of amides is 2. The third kappa shape index (κ3) is 4.64. The molecule has 1 aromatic carbocycles. The minimum Gasteiger partial charge on any atom is -0.372 e. The molecule has 1 N–H and O–H groups in total. The van der Waals surface area contributed by atoms with E-state index in [1.165, 1.54) is 19.3 Å². The molecule has 152 valence electrons. The fraction of sp³-hybridized carbons (Fsp3) is 0.429. The number of nitrogens with one attached hydrogen (secondary N) is 1. The second kappa shape index (κ2) is 8.89. The van der Waals surface area contributed by atoms with Gasteiger partial charge in [0.2, 0.25) is 5.95 Å². The van der Waals surface area contributed by atoms with Crippen molar-refractivity contribution in [2.24, 2.45) is 0 Å². The summed E-state index contributed by atoms with van der Waals surface area (Å²) >= 11 is 0. The molecule has 8 nitrogen and oxygen atoms in total. The highest BCUT2D eigenvalue weighted by Gasteiger charge is 2.27. The number of carbonyl (C=O) groups is 2. The molecular formula is C21H26N6O2. The van der Waals surface area contributed by atoms with Crippen molar-refractivity contribution < 1.29 is 9.59 Å². The van der Waals surface area contributed by atoms with Crippen LogP contribution in [0.3, 0.4) is 0 Å². The largest absolute Gasteiger partial charge is 0.372 e. The second-order valence-corrected chi connectivity index (χ2v) is 7.38. The molecule has 0 atom stereocenters. The summed E-state index contributed by atoms with van der Waals surface area (Å²) in [5.74, 6) is -0.447. The van der Waals surface area contributed by atoms with Gasteiger partial charge in [0, 0.05) is 63.0 Å². The average molecular weight is 394 g/mol. The van der Waals surface area contributed by atoms with E-state index in [1.54, 1.807) is 23.4 Å². The molecule has 2 aliphatic rings. The Bertz CT molecular complexity index is 828. The van der Waals surface area contributed by atoms with Gasteiger partial charge in [-0.15, -0.1) is 0 Å². The highest BCUT2D eigenvalue weighted by atomic mass is 16.2. The molecule has 8 heteroatoms. The van der Waals surface area contributed by atoms with E-state index in [9.17, 15) is 9.59 Å². The van der Waals surface area contributed by atoms with Gasteiger partial charge in [-0.3, -0.25) is 9.59 Å². The van der Waals surface area contributed by atoms with E-state index in [0.29, 0.717) is 37.8 Å². The predicted octanol–water partition coefficient (Wildman–Crippen LogP) is 1.75. The van der Waals surface area contributed by atoms with Gasteiger partial charge in [0.05, 0.1) is 0 Å². The smallest absolute Gasteiger partial charge is 0.313 e. The minimum absolute atomic E-state index is 0.471. The molecule has 2 saturated heterocycles. The Morgan fingerprint density at radius 2 is 1.45 bits per heavy atom. The number of piperidine rings is 1. The quantitative estimate of drug-likeness (QED) is 0.799. The molecule has 2 aromatic rings. The molecule has 0 unspecified atom stereocenters. The van der Waals surface area contributed by atoms with Gasteiger partial charge in [0.25, 0.3) is 0 Å². The molecule has 0 saturated carbocycles. The maximum absolute atomic E-state index is 12.5. The van der Waals surface area contributed by atoms with E-state index < -0.39 is 11.8 Å². The van der Waals surface area contributed by atoms with Crippen LogP contribution in [0.1, 0.15) is 19.3 Å². The Morgan fingerprint density at radius 3 is 2.10 bits per heavy atom. The Labute approximate surface area is 170 Å². The molecule has 0 spiro atoms. The number of benzene rings is 1. The van der Waals surface area contributed by atoms with Crippen LogP contribution < -0.4 is 15.1 Å². The zero-order valence-electron chi connectivity index (χ0n) is 16.5. The van der Waals surface area contributed by atoms with Crippen LogP contribution in [0.4, 0.5) is 17.3 Å². The van der Waals surface area contributed by atoms with Crippen LogP contribution in [0.15, 0.2) is 42.7 Å². The lowest BCUT2D eigenvalue weighted by Gasteiger charge is -2.34. The first-order valence-electron chi connectivity index (χ1n) is 10.2. The summed E-state index contributed by atoms with van der Waals surface area (Å²) in [5, 5.41) is 2.73. The van der Waals surface area contributed by atoms with E-state index in [1.807, 2.05) is 29.2 Å². The molecule has 1 aromatic heterocycles. The third-order valence-corrected chi connectivity index (χ3v) is 5.44. The fourth-order valence-electron chi connectivity index (χ4n) is 3.80. The van der Waals surface area contributed by atoms with E-state index in [0.717, 1.165) is 18.8 Å². The number of hydrogen-bond donors (Lipinski definition) is 1. The van der Waals surface area contributed by atoms with Crippen molar-refractivity contribution in [1.82, 2.24) is 14.9 Å². The fourth-order valence-corrected chi connectivity index (χ4v) is 3.80. The van der Waals surface area contributed by atoms with Gasteiger partial charge < -0.3 is 20.0 Å². The summed E-state index contributed by atoms with van der Waals surface area (Å²) in [4.78, 5) is 39.3. The topological polar surface area (TPSA) is 81.7 Å². The van der Waals surface area contributed by atoms with Crippen molar-refractivity contribution >= 4 is 29.1 Å². The number of aromatic nitrogens is 2. The standard InChI is InChI=1S/C21H26N6O2/c28-19(24-17-5-7-18(8-6-17)25-11-2-1-3-12-25)20(29)26-13-15-27(16-14-26)21-22-9-4-10-23-21/h4-10H,1-3,11-16H2,(H,24,28). The van der Waals surface area contributed by atoms with Crippen LogP contribution in [0, 0.1) is 0 Å². The lowest BCUT2D eigenvalue weighted by Crippen LogP contribution is -2.52. The number of piperazine rings is 1. The van der Waals surface area contributed by atoms with E-state index in [4.69, 9.17) is 0 Å². The van der Waals surface area contributed by atoms with Gasteiger partial charge in [-0.05, 0) is 49.6 Å². The molecule has 0 radical (unpaired) electrons. The number of carbonyl (C=O) groups excluding carboxylic acids is 2. The summed E-state index contributed by atoms with van der Waals surface area (Å²) < 4.78 is 0. The Morgan fingerprint density at radius 1 is 0.793 bits per heavy atom. The molecule has 0 bridgehead atoms. The highest BCUT2D eigenvalue weighted by molar-refractivity contribution is 6.39. The van der Waals surface area contributed by atoms with Gasteiger partial charge in [-0.2, -0.15) is 0 Å². The molecule has 29 heavy (non-hydrogen) atoms. The summed E-state index contributed by atoms with van der Waals surface area (Å²) in [6.07, 6.45) is 7.13. The number of rotatable bonds is 3. The van der Waals surface area contributed by atoms with Gasteiger partial charge in [0.1, 0.15) is 0 Å². The van der Waals surface area contributed by atoms with Crippen molar-refractivity contribution in [2.45, 2.75) is 19.3 Å². The van der Waals surface area contributed by atoms with Crippen molar-refractivity contribution in [3.05, 3.63) is 42.7 Å². The normalized spacial score (nSPS) is 17.2. The van der Waals surface area contributed by atoms with Crippen molar-refractivity contribution in [3.8, 4) is 0 Å². The lowest BCUT2D eigenvalue weighted by atomic mass is 10.1. The first kappa shape index (κ1) is 19.2. The highest BCUT2D eigenvalue weighted by Crippen LogP contribution is 2.22.